The van der Waals surface area contributed by atoms with Gasteiger partial charge < -0.3 is 5.32 Å². The van der Waals surface area contributed by atoms with E-state index in [4.69, 9.17) is 5.26 Å². The Hall–Kier alpha value is -1.56. The minimum Gasteiger partial charge on any atom is -0.380 e. The Morgan fingerprint density at radius 1 is 1.24 bits per heavy atom. The summed E-state index contributed by atoms with van der Waals surface area (Å²) in [7, 11) is 0. The van der Waals surface area contributed by atoms with Crippen molar-refractivity contribution in [3.05, 3.63) is 29.6 Å². The largest absolute Gasteiger partial charge is 0.380 e. The first-order valence-corrected chi connectivity index (χ1v) is 5.77. The van der Waals surface area contributed by atoms with Gasteiger partial charge in [0.2, 0.25) is 0 Å². The fourth-order valence-corrected chi connectivity index (χ4v) is 2.45. The molecule has 0 aromatic heterocycles. The SMILES string of the molecule is CC1(C)C(Nc2ccc(F)cc2C#N)C1(C)C. The Morgan fingerprint density at radius 3 is 2.29 bits per heavy atom. The maximum Gasteiger partial charge on any atom is 0.124 e. The molecule has 0 atom stereocenters. The van der Waals surface area contributed by atoms with Gasteiger partial charge in [-0.2, -0.15) is 5.26 Å². The summed E-state index contributed by atoms with van der Waals surface area (Å²) in [6, 6.07) is 6.62. The van der Waals surface area contributed by atoms with Crippen molar-refractivity contribution in [1.29, 1.82) is 5.26 Å². The molecule has 0 bridgehead atoms. The monoisotopic (exact) mass is 232 g/mol. The van der Waals surface area contributed by atoms with Crippen molar-refractivity contribution in [2.75, 3.05) is 5.32 Å². The minimum absolute atomic E-state index is 0.189. The molecule has 0 spiro atoms. The fraction of sp³-hybridized carbons (Fsp3) is 0.500. The molecular formula is C14H17FN2. The molecule has 2 nitrogen and oxygen atoms in total. The lowest BCUT2D eigenvalue weighted by atomic mass is 10.0. The highest BCUT2D eigenvalue weighted by molar-refractivity contribution is 5.59. The molecule has 3 heteroatoms. The number of hydrogen-bond acceptors (Lipinski definition) is 2. The van der Waals surface area contributed by atoms with Gasteiger partial charge in [0.05, 0.1) is 11.3 Å². The van der Waals surface area contributed by atoms with Crippen molar-refractivity contribution in [3.8, 4) is 6.07 Å². The molecule has 0 heterocycles. The third kappa shape index (κ3) is 1.68. The molecule has 2 rings (SSSR count). The van der Waals surface area contributed by atoms with Crippen molar-refractivity contribution in [3.63, 3.8) is 0 Å². The van der Waals surface area contributed by atoms with E-state index in [1.54, 1.807) is 6.07 Å². The average molecular weight is 232 g/mol. The quantitative estimate of drug-likeness (QED) is 0.846. The van der Waals surface area contributed by atoms with E-state index in [0.717, 1.165) is 5.69 Å². The van der Waals surface area contributed by atoms with Crippen LogP contribution >= 0.6 is 0 Å². The van der Waals surface area contributed by atoms with E-state index in [2.05, 4.69) is 33.0 Å². The zero-order valence-electron chi connectivity index (χ0n) is 10.6. The number of nitrogens with one attached hydrogen (secondary N) is 1. The molecule has 1 aromatic carbocycles. The summed E-state index contributed by atoms with van der Waals surface area (Å²) < 4.78 is 13.0. The third-order valence-corrected chi connectivity index (χ3v) is 4.42. The van der Waals surface area contributed by atoms with E-state index in [9.17, 15) is 4.39 Å². The Balaban J connectivity index is 2.25. The van der Waals surface area contributed by atoms with Gasteiger partial charge in [0.15, 0.2) is 0 Å². The molecule has 1 fully saturated rings. The molecule has 1 aliphatic carbocycles. The summed E-state index contributed by atoms with van der Waals surface area (Å²) in [6.45, 7) is 8.78. The maximum atomic E-state index is 13.0. The van der Waals surface area contributed by atoms with Crippen LogP contribution in [0.25, 0.3) is 0 Å². The predicted octanol–water partition coefficient (Wildman–Crippen LogP) is 3.54. The Labute approximate surface area is 101 Å². The Kier molecular flexibility index (Phi) is 2.43. The number of nitriles is 1. The molecule has 1 N–H and O–H groups in total. The molecule has 1 saturated carbocycles. The van der Waals surface area contributed by atoms with Crippen LogP contribution in [0.1, 0.15) is 33.3 Å². The molecule has 0 radical (unpaired) electrons. The first-order chi connectivity index (χ1) is 7.80. The highest BCUT2D eigenvalue weighted by Crippen LogP contribution is 2.63. The molecule has 90 valence electrons. The summed E-state index contributed by atoms with van der Waals surface area (Å²) in [4.78, 5) is 0. The highest BCUT2D eigenvalue weighted by atomic mass is 19.1. The van der Waals surface area contributed by atoms with Gasteiger partial charge >= 0.3 is 0 Å². The molecule has 1 aliphatic rings. The van der Waals surface area contributed by atoms with E-state index in [0.29, 0.717) is 11.6 Å². The third-order valence-electron chi connectivity index (χ3n) is 4.42. The summed E-state index contributed by atoms with van der Waals surface area (Å²) >= 11 is 0. The van der Waals surface area contributed by atoms with E-state index in [1.165, 1.54) is 12.1 Å². The fourth-order valence-electron chi connectivity index (χ4n) is 2.45. The number of hydrogen-bond donors (Lipinski definition) is 1. The second-order valence-electron chi connectivity index (χ2n) is 5.82. The Morgan fingerprint density at radius 2 is 1.82 bits per heavy atom. The van der Waals surface area contributed by atoms with Gasteiger partial charge in [-0.3, -0.25) is 0 Å². The lowest BCUT2D eigenvalue weighted by molar-refractivity contribution is 0.457. The van der Waals surface area contributed by atoms with Crippen molar-refractivity contribution in [1.82, 2.24) is 0 Å². The van der Waals surface area contributed by atoms with E-state index in [1.807, 2.05) is 6.07 Å². The summed E-state index contributed by atoms with van der Waals surface area (Å²) in [6.07, 6.45) is 0. The first-order valence-electron chi connectivity index (χ1n) is 5.77. The molecule has 0 unspecified atom stereocenters. The lowest BCUT2D eigenvalue weighted by Gasteiger charge is -2.09. The van der Waals surface area contributed by atoms with Crippen LogP contribution in [0, 0.1) is 28.0 Å². The first kappa shape index (κ1) is 11.9. The standard InChI is InChI=1S/C14H17FN2/c1-13(2)12(14(13,3)4)17-11-6-5-10(15)7-9(11)8-16/h5-7,12,17H,1-4H3. The highest BCUT2D eigenvalue weighted by Gasteiger charge is 2.65. The zero-order valence-corrected chi connectivity index (χ0v) is 10.6. The van der Waals surface area contributed by atoms with Crippen LogP contribution in [-0.4, -0.2) is 6.04 Å². The second-order valence-corrected chi connectivity index (χ2v) is 5.82. The lowest BCUT2D eigenvalue weighted by Crippen LogP contribution is -2.11. The molecule has 0 saturated heterocycles. The molecular weight excluding hydrogens is 215 g/mol. The van der Waals surface area contributed by atoms with Gasteiger partial charge in [-0.1, -0.05) is 27.7 Å². The minimum atomic E-state index is -0.374. The van der Waals surface area contributed by atoms with Crippen LogP contribution in [0.15, 0.2) is 18.2 Å². The number of anilines is 1. The molecule has 17 heavy (non-hydrogen) atoms. The Bertz CT molecular complexity index is 483. The van der Waals surface area contributed by atoms with E-state index >= 15 is 0 Å². The van der Waals surface area contributed by atoms with Crippen LogP contribution in [0.3, 0.4) is 0 Å². The van der Waals surface area contributed by atoms with Crippen LogP contribution in [0.5, 0.6) is 0 Å². The van der Waals surface area contributed by atoms with Gasteiger partial charge in [-0.15, -0.1) is 0 Å². The second kappa shape index (κ2) is 3.46. The topological polar surface area (TPSA) is 35.8 Å². The van der Waals surface area contributed by atoms with Gasteiger partial charge in [-0.25, -0.2) is 4.39 Å². The number of rotatable bonds is 2. The molecule has 0 amide bonds. The van der Waals surface area contributed by atoms with Crippen molar-refractivity contribution < 1.29 is 4.39 Å². The van der Waals surface area contributed by atoms with Crippen molar-refractivity contribution >= 4 is 5.69 Å². The van der Waals surface area contributed by atoms with Crippen LogP contribution in [0.2, 0.25) is 0 Å². The zero-order chi connectivity index (χ0) is 12.8. The normalized spacial score (nSPS) is 20.7. The van der Waals surface area contributed by atoms with Crippen molar-refractivity contribution in [2.45, 2.75) is 33.7 Å². The van der Waals surface area contributed by atoms with E-state index in [-0.39, 0.29) is 16.6 Å². The number of benzene rings is 1. The van der Waals surface area contributed by atoms with Crippen LogP contribution in [0.4, 0.5) is 10.1 Å². The molecule has 0 aliphatic heterocycles. The average Bonchev–Trinajstić information content (AvgIpc) is 2.63. The van der Waals surface area contributed by atoms with Gasteiger partial charge in [-0.05, 0) is 29.0 Å². The van der Waals surface area contributed by atoms with Gasteiger partial charge in [0, 0.05) is 6.04 Å². The molecule has 1 aromatic rings. The predicted molar refractivity (Wildman–Crippen MR) is 66.1 cm³/mol. The summed E-state index contributed by atoms with van der Waals surface area (Å²) in [5.74, 6) is -0.374. The smallest absolute Gasteiger partial charge is 0.124 e. The van der Waals surface area contributed by atoms with Crippen LogP contribution < -0.4 is 5.32 Å². The van der Waals surface area contributed by atoms with Gasteiger partial charge in [0.1, 0.15) is 11.9 Å². The maximum absolute atomic E-state index is 13.0. The van der Waals surface area contributed by atoms with Gasteiger partial charge in [0.25, 0.3) is 0 Å². The number of nitrogens with zero attached hydrogens (tertiary/aromatic N) is 1. The number of halogens is 1. The van der Waals surface area contributed by atoms with Crippen LogP contribution in [-0.2, 0) is 0 Å². The summed E-state index contributed by atoms with van der Waals surface area (Å²) in [5, 5.41) is 12.3. The van der Waals surface area contributed by atoms with E-state index < -0.39 is 0 Å². The summed E-state index contributed by atoms with van der Waals surface area (Å²) in [5.41, 5.74) is 1.46. The van der Waals surface area contributed by atoms with Crippen molar-refractivity contribution in [2.24, 2.45) is 10.8 Å².